The number of carboxylic acid groups (broad SMARTS) is 1. The molecule has 76 valence electrons. The number of rotatable bonds is 4. The van der Waals surface area contributed by atoms with Gasteiger partial charge in [0.1, 0.15) is 12.2 Å². The zero-order chi connectivity index (χ0) is 10.7. The van der Waals surface area contributed by atoms with Gasteiger partial charge < -0.3 is 25.5 Å². The highest BCUT2D eigenvalue weighted by atomic mass is 16.6. The van der Waals surface area contributed by atoms with Crippen LogP contribution in [0.5, 0.6) is 0 Å². The zero-order valence-corrected chi connectivity index (χ0v) is 7.03. The number of hydrogen-bond donors (Lipinski definition) is 2. The lowest BCUT2D eigenvalue weighted by Crippen LogP contribution is -2.34. The maximum atomic E-state index is 10.4. The number of carbonyl (C=O) groups is 1. The van der Waals surface area contributed by atoms with Gasteiger partial charge in [0.05, 0.1) is 6.54 Å². The summed E-state index contributed by atoms with van der Waals surface area (Å²) >= 11 is 0. The second kappa shape index (κ2) is 3.83. The smallest absolute Gasteiger partial charge is 0.381 e. The van der Waals surface area contributed by atoms with Gasteiger partial charge in [-0.25, -0.2) is 0 Å². The Kier molecular flexibility index (Phi) is 2.77. The van der Waals surface area contributed by atoms with Crippen molar-refractivity contribution >= 4 is 11.8 Å². The third-order valence-electron chi connectivity index (χ3n) is 1.53. The Hall–Kier alpha value is -1.96. The fourth-order valence-electron chi connectivity index (χ4n) is 0.848. The molecule has 1 aromatic rings. The molecule has 0 radical (unpaired) electrons. The Morgan fingerprint density at radius 3 is 2.93 bits per heavy atom. The monoisotopic (exact) mass is 200 g/mol. The van der Waals surface area contributed by atoms with Gasteiger partial charge in [0.25, 0.3) is 0 Å². The summed E-state index contributed by atoms with van der Waals surface area (Å²) in [6, 6.07) is -1.09. The first-order valence-corrected chi connectivity index (χ1v) is 3.65. The number of carboxylic acids is 1. The number of hydrogen-bond acceptors (Lipinski definition) is 5. The Morgan fingerprint density at radius 2 is 2.50 bits per heavy atom. The minimum atomic E-state index is -1.17. The summed E-state index contributed by atoms with van der Waals surface area (Å²) < 4.78 is 1.26. The van der Waals surface area contributed by atoms with Gasteiger partial charge in [0.15, 0.2) is 0 Å². The number of aliphatic carboxylic acids is 1. The Bertz CT molecular complexity index is 360. The van der Waals surface area contributed by atoms with Crippen LogP contribution in [-0.2, 0) is 11.3 Å². The average Bonchev–Trinajstić information content (AvgIpc) is 2.52. The predicted molar refractivity (Wildman–Crippen MR) is 44.5 cm³/mol. The average molecular weight is 200 g/mol. The molecule has 0 saturated carbocycles. The molecule has 1 atom stereocenters. The van der Waals surface area contributed by atoms with Crippen LogP contribution in [0.1, 0.15) is 0 Å². The summed E-state index contributed by atoms with van der Waals surface area (Å²) in [5.41, 5.74) is 5.22. The van der Waals surface area contributed by atoms with Crippen LogP contribution < -0.4 is 5.73 Å². The van der Waals surface area contributed by atoms with Gasteiger partial charge in [0.2, 0.25) is 6.33 Å². The van der Waals surface area contributed by atoms with Crippen molar-refractivity contribution in [2.75, 3.05) is 0 Å². The first-order valence-electron chi connectivity index (χ1n) is 3.65. The van der Waals surface area contributed by atoms with Crippen LogP contribution in [0.2, 0.25) is 0 Å². The number of nitrogens with two attached hydrogens (primary N) is 1. The van der Waals surface area contributed by atoms with Crippen LogP contribution in [0, 0.1) is 10.1 Å². The summed E-state index contributed by atoms with van der Waals surface area (Å²) in [6.07, 6.45) is 2.30. The molecule has 0 bridgehead atoms. The van der Waals surface area contributed by atoms with Gasteiger partial charge >= 0.3 is 11.8 Å². The summed E-state index contributed by atoms with van der Waals surface area (Å²) in [5, 5.41) is 18.7. The fraction of sp³-hybridized carbons (Fsp3) is 0.333. The Labute approximate surface area is 78.1 Å². The molecule has 0 spiro atoms. The normalized spacial score (nSPS) is 12.4. The molecule has 0 amide bonds. The topological polar surface area (TPSA) is 124 Å². The molecule has 0 aliphatic rings. The van der Waals surface area contributed by atoms with Gasteiger partial charge in [-0.2, -0.15) is 0 Å². The van der Waals surface area contributed by atoms with Gasteiger partial charge in [-0.05, 0) is 9.91 Å². The Morgan fingerprint density at radius 1 is 1.86 bits per heavy atom. The van der Waals surface area contributed by atoms with Crippen LogP contribution in [-0.4, -0.2) is 31.6 Å². The largest absolute Gasteiger partial charge is 0.480 e. The molecule has 8 heteroatoms. The fourth-order valence-corrected chi connectivity index (χ4v) is 0.848. The first kappa shape index (κ1) is 10.1. The maximum Gasteiger partial charge on any atom is 0.381 e. The highest BCUT2D eigenvalue weighted by Crippen LogP contribution is 2.05. The van der Waals surface area contributed by atoms with Crippen LogP contribution in [0.15, 0.2) is 12.5 Å². The van der Waals surface area contributed by atoms with Crippen LogP contribution in [0.25, 0.3) is 0 Å². The third-order valence-corrected chi connectivity index (χ3v) is 1.53. The van der Waals surface area contributed by atoms with Crippen molar-refractivity contribution in [3.8, 4) is 0 Å². The van der Waals surface area contributed by atoms with Gasteiger partial charge in [-0.3, -0.25) is 4.79 Å². The molecule has 0 aromatic carbocycles. The molecule has 1 aromatic heterocycles. The van der Waals surface area contributed by atoms with Crippen molar-refractivity contribution in [1.82, 2.24) is 9.55 Å². The molecule has 1 heterocycles. The van der Waals surface area contributed by atoms with E-state index < -0.39 is 16.9 Å². The van der Waals surface area contributed by atoms with Crippen molar-refractivity contribution < 1.29 is 14.8 Å². The Balaban J connectivity index is 2.69. The molecule has 0 saturated heterocycles. The lowest BCUT2D eigenvalue weighted by Gasteiger charge is -2.04. The van der Waals surface area contributed by atoms with E-state index >= 15 is 0 Å². The highest BCUT2D eigenvalue weighted by Gasteiger charge is 2.15. The molecule has 1 rings (SSSR count). The van der Waals surface area contributed by atoms with Crippen molar-refractivity contribution in [3.05, 3.63) is 22.6 Å². The molecular weight excluding hydrogens is 192 g/mol. The summed E-state index contributed by atoms with van der Waals surface area (Å²) in [6.45, 7) is -0.0455. The van der Waals surface area contributed by atoms with Crippen LogP contribution >= 0.6 is 0 Å². The molecular formula is C6H8N4O4. The lowest BCUT2D eigenvalue weighted by atomic mass is 10.3. The molecule has 0 fully saturated rings. The second-order valence-corrected chi connectivity index (χ2v) is 2.63. The zero-order valence-electron chi connectivity index (χ0n) is 7.03. The predicted octanol–water partition coefficient (Wildman–Crippen LogP) is -0.797. The van der Waals surface area contributed by atoms with E-state index in [4.69, 9.17) is 10.8 Å². The number of nitro groups is 1. The van der Waals surface area contributed by atoms with E-state index in [1.165, 1.54) is 10.9 Å². The van der Waals surface area contributed by atoms with E-state index in [-0.39, 0.29) is 12.4 Å². The van der Waals surface area contributed by atoms with E-state index in [1.807, 2.05) is 0 Å². The standard InChI is InChI=1S/C6H8N4O4/c7-4(6(11)12)1-9-2-5(8-3-9)10(13)14/h2-4H,1,7H2,(H,11,12). The van der Waals surface area contributed by atoms with Crippen LogP contribution in [0.4, 0.5) is 5.82 Å². The number of aromatic nitrogens is 2. The van der Waals surface area contributed by atoms with Gasteiger partial charge in [0, 0.05) is 0 Å². The molecule has 0 aliphatic carbocycles. The highest BCUT2D eigenvalue weighted by molar-refractivity contribution is 5.72. The van der Waals surface area contributed by atoms with Crippen LogP contribution in [0.3, 0.4) is 0 Å². The van der Waals surface area contributed by atoms with E-state index in [1.54, 1.807) is 0 Å². The summed E-state index contributed by atoms with van der Waals surface area (Å²) in [4.78, 5) is 23.3. The van der Waals surface area contributed by atoms with Crippen molar-refractivity contribution in [1.29, 1.82) is 0 Å². The van der Waals surface area contributed by atoms with Gasteiger partial charge in [-0.1, -0.05) is 0 Å². The molecule has 1 unspecified atom stereocenters. The van der Waals surface area contributed by atoms with E-state index in [0.717, 1.165) is 6.20 Å². The third kappa shape index (κ3) is 2.26. The quantitative estimate of drug-likeness (QED) is 0.484. The molecule has 8 nitrogen and oxygen atoms in total. The summed E-state index contributed by atoms with van der Waals surface area (Å²) in [7, 11) is 0. The van der Waals surface area contributed by atoms with Crippen molar-refractivity contribution in [2.24, 2.45) is 5.73 Å². The minimum Gasteiger partial charge on any atom is -0.480 e. The second-order valence-electron chi connectivity index (χ2n) is 2.63. The molecule has 3 N–H and O–H groups in total. The lowest BCUT2D eigenvalue weighted by molar-refractivity contribution is -0.389. The van der Waals surface area contributed by atoms with Crippen molar-refractivity contribution in [2.45, 2.75) is 12.6 Å². The van der Waals surface area contributed by atoms with E-state index in [9.17, 15) is 14.9 Å². The first-order chi connectivity index (χ1) is 6.50. The summed E-state index contributed by atoms with van der Waals surface area (Å²) in [5.74, 6) is -1.50. The van der Waals surface area contributed by atoms with Crippen molar-refractivity contribution in [3.63, 3.8) is 0 Å². The van der Waals surface area contributed by atoms with E-state index in [0.29, 0.717) is 0 Å². The SMILES string of the molecule is NC(Cn1cnc([N+](=O)[O-])c1)C(=O)O. The molecule has 0 aliphatic heterocycles. The number of imidazole rings is 1. The number of nitrogens with zero attached hydrogens (tertiary/aromatic N) is 3. The molecule has 14 heavy (non-hydrogen) atoms. The van der Waals surface area contributed by atoms with Gasteiger partial charge in [-0.15, -0.1) is 0 Å². The maximum absolute atomic E-state index is 10.4. The van der Waals surface area contributed by atoms with E-state index in [2.05, 4.69) is 4.98 Å². The minimum absolute atomic E-state index is 0.0455.